The van der Waals surface area contributed by atoms with Crippen LogP contribution in [-0.4, -0.2) is 64.0 Å². The van der Waals surface area contributed by atoms with Crippen LogP contribution in [0.3, 0.4) is 0 Å². The first-order valence-corrected chi connectivity index (χ1v) is 12.5. The molecule has 1 aliphatic rings. The van der Waals surface area contributed by atoms with Crippen molar-refractivity contribution in [1.29, 1.82) is 0 Å². The van der Waals surface area contributed by atoms with Crippen LogP contribution in [0.25, 0.3) is 6.08 Å². The maximum absolute atomic E-state index is 13.1. The lowest BCUT2D eigenvalue weighted by atomic mass is 10.0. The van der Waals surface area contributed by atoms with Crippen molar-refractivity contribution in [2.24, 2.45) is 0 Å². The number of esters is 1. The van der Waals surface area contributed by atoms with Crippen LogP contribution < -0.4 is 4.74 Å². The molecular weight excluding hydrogens is 458 g/mol. The molecule has 34 heavy (non-hydrogen) atoms. The minimum absolute atomic E-state index is 0.00601. The molecule has 1 heterocycles. The lowest BCUT2D eigenvalue weighted by Gasteiger charge is -2.26. The van der Waals surface area contributed by atoms with E-state index in [1.54, 1.807) is 18.2 Å². The van der Waals surface area contributed by atoms with Gasteiger partial charge in [-0.05, 0) is 42.7 Å². The molecule has 9 heteroatoms. The van der Waals surface area contributed by atoms with Crippen molar-refractivity contribution in [3.63, 3.8) is 0 Å². The maximum atomic E-state index is 13.1. The highest BCUT2D eigenvalue weighted by molar-refractivity contribution is 7.89. The number of carbonyl (C=O) groups excluding carboxylic acids is 2. The molecule has 0 aliphatic carbocycles. The molecule has 0 aromatic heterocycles. The predicted molar refractivity (Wildman–Crippen MR) is 127 cm³/mol. The quantitative estimate of drug-likeness (QED) is 0.304. The van der Waals surface area contributed by atoms with Crippen LogP contribution in [0.15, 0.2) is 53.4 Å². The normalized spacial score (nSPS) is 15.7. The van der Waals surface area contributed by atoms with Gasteiger partial charge in [0.25, 0.3) is 0 Å². The summed E-state index contributed by atoms with van der Waals surface area (Å²) in [6.07, 6.45) is 2.51. The molecule has 0 saturated carbocycles. The Morgan fingerprint density at radius 1 is 1.12 bits per heavy atom. The van der Waals surface area contributed by atoms with Crippen molar-refractivity contribution in [3.8, 4) is 5.75 Å². The van der Waals surface area contributed by atoms with Crippen LogP contribution >= 0.6 is 0 Å². The van der Waals surface area contributed by atoms with E-state index in [2.05, 4.69) is 0 Å². The number of Topliss-reactive ketones (excluding diaryl/α,β-unsaturated/α-hetero) is 1. The van der Waals surface area contributed by atoms with Crippen LogP contribution in [0.5, 0.6) is 5.75 Å². The van der Waals surface area contributed by atoms with Gasteiger partial charge in [0.15, 0.2) is 6.10 Å². The molecule has 0 bridgehead atoms. The van der Waals surface area contributed by atoms with E-state index in [-0.39, 0.29) is 29.5 Å². The largest absolute Gasteiger partial charge is 0.495 e. The summed E-state index contributed by atoms with van der Waals surface area (Å²) < 4.78 is 43.3. The van der Waals surface area contributed by atoms with E-state index in [0.717, 1.165) is 18.1 Å². The van der Waals surface area contributed by atoms with Gasteiger partial charge in [0.1, 0.15) is 10.6 Å². The first kappa shape index (κ1) is 25.6. The molecule has 2 aromatic carbocycles. The zero-order valence-electron chi connectivity index (χ0n) is 19.5. The predicted octanol–water partition coefficient (Wildman–Crippen LogP) is 3.11. The SMILES string of the molecule is CCc1ccc(C(=O)C(C)OC(=O)/C=C/c2ccc(OC)c(S(=O)(=O)N3CCOCC3)c2)cc1. The van der Waals surface area contributed by atoms with E-state index in [1.807, 2.05) is 19.1 Å². The molecule has 182 valence electrons. The third kappa shape index (κ3) is 6.11. The zero-order chi connectivity index (χ0) is 24.7. The van der Waals surface area contributed by atoms with Crippen molar-refractivity contribution < 1.29 is 32.2 Å². The lowest BCUT2D eigenvalue weighted by Crippen LogP contribution is -2.40. The minimum Gasteiger partial charge on any atom is -0.495 e. The molecule has 0 radical (unpaired) electrons. The molecule has 1 aliphatic heterocycles. The average Bonchev–Trinajstić information content (AvgIpc) is 2.87. The van der Waals surface area contributed by atoms with Gasteiger partial charge >= 0.3 is 5.97 Å². The first-order chi connectivity index (χ1) is 16.3. The fourth-order valence-corrected chi connectivity index (χ4v) is 5.09. The number of hydrogen-bond donors (Lipinski definition) is 0. The van der Waals surface area contributed by atoms with Gasteiger partial charge in [-0.15, -0.1) is 0 Å². The van der Waals surface area contributed by atoms with Gasteiger partial charge in [-0.25, -0.2) is 13.2 Å². The number of rotatable bonds is 9. The standard InChI is InChI=1S/C25H29NO7S/c1-4-19-5-9-21(10-6-19)25(28)18(2)33-24(27)12-8-20-7-11-22(31-3)23(17-20)34(29,30)26-13-15-32-16-14-26/h5-12,17-18H,4,13-16H2,1-3H3/b12-8+. The van der Waals surface area contributed by atoms with Crippen molar-refractivity contribution in [2.75, 3.05) is 33.4 Å². The highest BCUT2D eigenvalue weighted by Gasteiger charge is 2.29. The van der Waals surface area contributed by atoms with E-state index < -0.39 is 22.1 Å². The van der Waals surface area contributed by atoms with Gasteiger partial charge in [0.05, 0.1) is 20.3 Å². The van der Waals surface area contributed by atoms with E-state index >= 15 is 0 Å². The maximum Gasteiger partial charge on any atom is 0.331 e. The summed E-state index contributed by atoms with van der Waals surface area (Å²) in [4.78, 5) is 24.8. The number of ketones is 1. The van der Waals surface area contributed by atoms with E-state index in [0.29, 0.717) is 24.3 Å². The number of sulfonamides is 1. The number of methoxy groups -OCH3 is 1. The van der Waals surface area contributed by atoms with Gasteiger partial charge in [-0.2, -0.15) is 4.31 Å². The van der Waals surface area contributed by atoms with Crippen molar-refractivity contribution in [3.05, 3.63) is 65.2 Å². The lowest BCUT2D eigenvalue weighted by molar-refractivity contribution is -0.140. The van der Waals surface area contributed by atoms with Crippen LogP contribution in [0, 0.1) is 0 Å². The van der Waals surface area contributed by atoms with Crippen LogP contribution in [0.1, 0.15) is 35.3 Å². The summed E-state index contributed by atoms with van der Waals surface area (Å²) in [5.74, 6) is -0.799. The molecule has 1 unspecified atom stereocenters. The zero-order valence-corrected chi connectivity index (χ0v) is 20.3. The molecule has 0 N–H and O–H groups in total. The second-order valence-electron chi connectivity index (χ2n) is 7.75. The molecule has 1 fully saturated rings. The highest BCUT2D eigenvalue weighted by atomic mass is 32.2. The summed E-state index contributed by atoms with van der Waals surface area (Å²) >= 11 is 0. The second kappa shape index (κ2) is 11.4. The number of hydrogen-bond acceptors (Lipinski definition) is 7. The Balaban J connectivity index is 1.71. The topological polar surface area (TPSA) is 99.2 Å². The van der Waals surface area contributed by atoms with Gasteiger partial charge in [0.2, 0.25) is 15.8 Å². The van der Waals surface area contributed by atoms with E-state index in [4.69, 9.17) is 14.2 Å². The fourth-order valence-electron chi connectivity index (χ4n) is 3.50. The van der Waals surface area contributed by atoms with Crippen LogP contribution in [0.4, 0.5) is 0 Å². The molecule has 8 nitrogen and oxygen atoms in total. The summed E-state index contributed by atoms with van der Waals surface area (Å²) in [6.45, 7) is 4.70. The van der Waals surface area contributed by atoms with E-state index in [9.17, 15) is 18.0 Å². The number of ether oxygens (including phenoxy) is 3. The van der Waals surface area contributed by atoms with E-state index in [1.165, 1.54) is 36.5 Å². The molecule has 1 atom stereocenters. The summed E-state index contributed by atoms with van der Waals surface area (Å²) in [5.41, 5.74) is 2.05. The Hall–Kier alpha value is -3.01. The second-order valence-corrected chi connectivity index (χ2v) is 9.66. The number of benzene rings is 2. The van der Waals surface area contributed by atoms with Gasteiger partial charge in [-0.3, -0.25) is 4.79 Å². The van der Waals surface area contributed by atoms with Crippen LogP contribution in [0.2, 0.25) is 0 Å². The first-order valence-electron chi connectivity index (χ1n) is 11.0. The Labute approximate surface area is 200 Å². The summed E-state index contributed by atoms with van der Waals surface area (Å²) in [5, 5.41) is 0. The van der Waals surface area contributed by atoms with Gasteiger partial charge < -0.3 is 14.2 Å². The minimum atomic E-state index is -3.80. The number of aryl methyl sites for hydroxylation is 1. The Morgan fingerprint density at radius 3 is 2.41 bits per heavy atom. The smallest absolute Gasteiger partial charge is 0.331 e. The number of carbonyl (C=O) groups is 2. The van der Waals surface area contributed by atoms with Crippen molar-refractivity contribution in [2.45, 2.75) is 31.3 Å². The third-order valence-electron chi connectivity index (χ3n) is 5.50. The van der Waals surface area contributed by atoms with Crippen LogP contribution in [-0.2, 0) is 30.7 Å². The fraction of sp³-hybridized carbons (Fsp3) is 0.360. The Kier molecular flexibility index (Phi) is 8.60. The molecule has 3 rings (SSSR count). The summed E-state index contributed by atoms with van der Waals surface area (Å²) in [7, 11) is -2.40. The van der Waals surface area contributed by atoms with Crippen molar-refractivity contribution >= 4 is 27.9 Å². The summed E-state index contributed by atoms with van der Waals surface area (Å²) in [6, 6.07) is 11.8. The highest BCUT2D eigenvalue weighted by Crippen LogP contribution is 2.29. The average molecular weight is 488 g/mol. The third-order valence-corrected chi connectivity index (χ3v) is 7.42. The van der Waals surface area contributed by atoms with Gasteiger partial charge in [-0.1, -0.05) is 37.3 Å². The molecule has 0 amide bonds. The molecule has 1 saturated heterocycles. The monoisotopic (exact) mass is 487 g/mol. The van der Waals surface area contributed by atoms with Crippen molar-refractivity contribution in [1.82, 2.24) is 4.31 Å². The Bertz CT molecular complexity index is 1150. The molecule has 0 spiro atoms. The molecular formula is C25H29NO7S. The van der Waals surface area contributed by atoms with Gasteiger partial charge in [0, 0.05) is 24.7 Å². The molecule has 2 aromatic rings. The Morgan fingerprint density at radius 2 is 1.79 bits per heavy atom. The number of morpholine rings is 1. The number of nitrogens with zero attached hydrogens (tertiary/aromatic N) is 1.